The fourth-order valence-corrected chi connectivity index (χ4v) is 3.72. The van der Waals surface area contributed by atoms with Crippen LogP contribution in [0.25, 0.3) is 0 Å². The minimum atomic E-state index is 0.568. The third-order valence-corrected chi connectivity index (χ3v) is 5.06. The number of hydrogen-bond donors (Lipinski definition) is 0. The molecular formula is C16H22N2S. The zero-order valence-electron chi connectivity index (χ0n) is 12.0. The van der Waals surface area contributed by atoms with Gasteiger partial charge in [0.25, 0.3) is 0 Å². The summed E-state index contributed by atoms with van der Waals surface area (Å²) in [5.74, 6) is 0.711. The van der Waals surface area contributed by atoms with E-state index in [2.05, 4.69) is 37.1 Å². The van der Waals surface area contributed by atoms with Gasteiger partial charge in [0, 0.05) is 18.0 Å². The molecule has 1 aromatic carbocycles. The van der Waals surface area contributed by atoms with Gasteiger partial charge in [-0.05, 0) is 37.1 Å². The molecule has 1 fully saturated rings. The summed E-state index contributed by atoms with van der Waals surface area (Å²) in [6.45, 7) is 2.34. The van der Waals surface area contributed by atoms with Gasteiger partial charge in [-0.3, -0.25) is 0 Å². The molecule has 0 saturated heterocycles. The molecule has 2 atom stereocenters. The van der Waals surface area contributed by atoms with Crippen molar-refractivity contribution >= 4 is 17.4 Å². The van der Waals surface area contributed by atoms with E-state index in [4.69, 9.17) is 0 Å². The van der Waals surface area contributed by atoms with Gasteiger partial charge in [-0.15, -0.1) is 11.8 Å². The Morgan fingerprint density at radius 2 is 2.05 bits per heavy atom. The highest BCUT2D eigenvalue weighted by Crippen LogP contribution is 2.34. The van der Waals surface area contributed by atoms with Crippen molar-refractivity contribution in [1.82, 2.24) is 0 Å². The monoisotopic (exact) mass is 274 g/mol. The lowest BCUT2D eigenvalue weighted by atomic mass is 9.84. The van der Waals surface area contributed by atoms with Crippen LogP contribution in [0.15, 0.2) is 23.1 Å². The first-order valence-corrected chi connectivity index (χ1v) is 8.21. The van der Waals surface area contributed by atoms with E-state index in [0.29, 0.717) is 12.0 Å². The van der Waals surface area contributed by atoms with Crippen LogP contribution in [0.2, 0.25) is 0 Å². The fraction of sp³-hybridized carbons (Fsp3) is 0.562. The van der Waals surface area contributed by atoms with Crippen LogP contribution in [0.5, 0.6) is 0 Å². The first-order valence-electron chi connectivity index (χ1n) is 6.99. The second-order valence-electron chi connectivity index (χ2n) is 5.41. The lowest BCUT2D eigenvalue weighted by molar-refractivity contribution is 0.321. The molecule has 1 aliphatic rings. The van der Waals surface area contributed by atoms with E-state index in [0.717, 1.165) is 16.1 Å². The Balaban J connectivity index is 2.33. The third-order valence-electron chi connectivity index (χ3n) is 4.28. The maximum atomic E-state index is 9.45. The van der Waals surface area contributed by atoms with Crippen LogP contribution in [0.1, 0.15) is 38.2 Å². The lowest BCUT2D eigenvalue weighted by Crippen LogP contribution is -2.39. The Kier molecular flexibility index (Phi) is 4.76. The maximum absolute atomic E-state index is 9.45. The van der Waals surface area contributed by atoms with Gasteiger partial charge in [0.2, 0.25) is 0 Å². The summed E-state index contributed by atoms with van der Waals surface area (Å²) in [6.07, 6.45) is 7.24. The van der Waals surface area contributed by atoms with Gasteiger partial charge in [0.05, 0.1) is 11.3 Å². The molecule has 0 bridgehead atoms. The van der Waals surface area contributed by atoms with Gasteiger partial charge in [-0.2, -0.15) is 5.26 Å². The van der Waals surface area contributed by atoms with E-state index in [9.17, 15) is 5.26 Å². The average Bonchev–Trinajstić information content (AvgIpc) is 2.46. The molecule has 1 aromatic rings. The second kappa shape index (κ2) is 6.34. The second-order valence-corrected chi connectivity index (χ2v) is 6.25. The van der Waals surface area contributed by atoms with Gasteiger partial charge in [0.15, 0.2) is 0 Å². The fourth-order valence-electron chi connectivity index (χ4n) is 3.15. The summed E-state index contributed by atoms with van der Waals surface area (Å²) >= 11 is 1.65. The predicted molar refractivity (Wildman–Crippen MR) is 82.8 cm³/mol. The summed E-state index contributed by atoms with van der Waals surface area (Å²) in [6, 6.07) is 9.13. The average molecular weight is 274 g/mol. The van der Waals surface area contributed by atoms with Gasteiger partial charge in [-0.25, -0.2) is 0 Å². The Morgan fingerprint density at radius 1 is 1.32 bits per heavy atom. The van der Waals surface area contributed by atoms with Crippen molar-refractivity contribution in [2.24, 2.45) is 5.92 Å². The van der Waals surface area contributed by atoms with Crippen LogP contribution in [-0.2, 0) is 0 Å². The molecule has 0 amide bonds. The van der Waals surface area contributed by atoms with Crippen LogP contribution >= 0.6 is 11.8 Å². The lowest BCUT2D eigenvalue weighted by Gasteiger charge is -2.38. The molecule has 1 aliphatic carbocycles. The molecule has 3 heteroatoms. The van der Waals surface area contributed by atoms with Crippen molar-refractivity contribution in [3.8, 4) is 6.07 Å². The van der Waals surface area contributed by atoms with E-state index in [1.165, 1.54) is 25.7 Å². The topological polar surface area (TPSA) is 27.0 Å². The molecular weight excluding hydrogens is 252 g/mol. The highest BCUT2D eigenvalue weighted by Gasteiger charge is 2.26. The minimum Gasteiger partial charge on any atom is -0.370 e. The molecule has 0 aromatic heterocycles. The number of benzene rings is 1. The van der Waals surface area contributed by atoms with Crippen LogP contribution in [0, 0.1) is 17.2 Å². The number of nitrogens with zero attached hydrogens (tertiary/aromatic N) is 2. The SMILES string of the molecule is CSc1cccc(N(C)C2CCCCC2C)c1C#N. The van der Waals surface area contributed by atoms with Gasteiger partial charge < -0.3 is 4.90 Å². The van der Waals surface area contributed by atoms with E-state index in [-0.39, 0.29) is 0 Å². The maximum Gasteiger partial charge on any atom is 0.103 e. The van der Waals surface area contributed by atoms with E-state index >= 15 is 0 Å². The molecule has 19 heavy (non-hydrogen) atoms. The number of rotatable bonds is 3. The van der Waals surface area contributed by atoms with E-state index in [1.807, 2.05) is 12.3 Å². The van der Waals surface area contributed by atoms with Crippen LogP contribution in [0.3, 0.4) is 0 Å². The summed E-state index contributed by atoms with van der Waals surface area (Å²) < 4.78 is 0. The Morgan fingerprint density at radius 3 is 2.68 bits per heavy atom. The van der Waals surface area contributed by atoms with Crippen molar-refractivity contribution < 1.29 is 0 Å². The molecule has 2 nitrogen and oxygen atoms in total. The van der Waals surface area contributed by atoms with Crippen molar-refractivity contribution in [2.75, 3.05) is 18.2 Å². The van der Waals surface area contributed by atoms with Gasteiger partial charge in [0.1, 0.15) is 6.07 Å². The first-order chi connectivity index (χ1) is 9.19. The largest absolute Gasteiger partial charge is 0.370 e. The number of thioether (sulfide) groups is 1. The summed E-state index contributed by atoms with van der Waals surface area (Å²) in [7, 11) is 2.15. The zero-order valence-corrected chi connectivity index (χ0v) is 12.8. The van der Waals surface area contributed by atoms with Crippen molar-refractivity contribution in [3.05, 3.63) is 23.8 Å². The molecule has 1 saturated carbocycles. The van der Waals surface area contributed by atoms with Crippen molar-refractivity contribution in [3.63, 3.8) is 0 Å². The minimum absolute atomic E-state index is 0.568. The van der Waals surface area contributed by atoms with Gasteiger partial charge >= 0.3 is 0 Å². The van der Waals surface area contributed by atoms with Crippen LogP contribution in [-0.4, -0.2) is 19.3 Å². The van der Waals surface area contributed by atoms with Crippen molar-refractivity contribution in [1.29, 1.82) is 5.26 Å². The van der Waals surface area contributed by atoms with Gasteiger partial charge in [-0.1, -0.05) is 25.8 Å². The van der Waals surface area contributed by atoms with Crippen LogP contribution in [0.4, 0.5) is 5.69 Å². The standard InChI is InChI=1S/C16H22N2S/c1-12-7-4-5-8-14(12)18(2)15-9-6-10-16(19-3)13(15)11-17/h6,9-10,12,14H,4-5,7-8H2,1-3H3. The smallest absolute Gasteiger partial charge is 0.103 e. The third kappa shape index (κ3) is 2.90. The highest BCUT2D eigenvalue weighted by atomic mass is 32.2. The number of nitriles is 1. The summed E-state index contributed by atoms with van der Waals surface area (Å²) in [5, 5.41) is 9.45. The molecule has 0 heterocycles. The van der Waals surface area contributed by atoms with E-state index < -0.39 is 0 Å². The molecule has 0 spiro atoms. The van der Waals surface area contributed by atoms with Crippen LogP contribution < -0.4 is 4.90 Å². The summed E-state index contributed by atoms with van der Waals surface area (Å²) in [5.41, 5.74) is 1.92. The molecule has 102 valence electrons. The Bertz CT molecular complexity index is 478. The number of hydrogen-bond acceptors (Lipinski definition) is 3. The van der Waals surface area contributed by atoms with E-state index in [1.54, 1.807) is 11.8 Å². The Labute approximate surface area is 120 Å². The normalized spacial score (nSPS) is 22.8. The zero-order chi connectivity index (χ0) is 13.8. The molecule has 0 N–H and O–H groups in total. The Hall–Kier alpha value is -1.14. The molecule has 2 rings (SSSR count). The quantitative estimate of drug-likeness (QED) is 0.769. The molecule has 0 radical (unpaired) electrons. The number of anilines is 1. The molecule has 2 unspecified atom stereocenters. The summed E-state index contributed by atoms with van der Waals surface area (Å²) in [4.78, 5) is 3.41. The highest BCUT2D eigenvalue weighted by molar-refractivity contribution is 7.98. The molecule has 0 aliphatic heterocycles. The predicted octanol–water partition coefficient (Wildman–Crippen LogP) is 4.30. The first kappa shape index (κ1) is 14.3. The van der Waals surface area contributed by atoms with Crippen molar-refractivity contribution in [2.45, 2.75) is 43.5 Å².